The average molecular weight is 260 g/mol. The highest BCUT2D eigenvalue weighted by molar-refractivity contribution is 5.71. The summed E-state index contributed by atoms with van der Waals surface area (Å²) in [7, 11) is 0. The second-order valence-electron chi connectivity index (χ2n) is 4.27. The number of halogens is 3. The topological polar surface area (TPSA) is 26.3 Å². The van der Waals surface area contributed by atoms with Gasteiger partial charge >= 0.3 is 12.1 Å². The lowest BCUT2D eigenvalue weighted by Gasteiger charge is -2.09. The fraction of sp³-hybridized carbons (Fsp3) is 0.462. The van der Waals surface area contributed by atoms with Gasteiger partial charge < -0.3 is 4.74 Å². The maximum atomic E-state index is 12.3. The van der Waals surface area contributed by atoms with E-state index in [2.05, 4.69) is 0 Å². The molecule has 0 aliphatic rings. The van der Waals surface area contributed by atoms with Crippen LogP contribution in [0.1, 0.15) is 25.0 Å². The molecule has 0 unspecified atom stereocenters. The first-order valence-electron chi connectivity index (χ1n) is 5.63. The third kappa shape index (κ3) is 4.39. The van der Waals surface area contributed by atoms with E-state index < -0.39 is 11.7 Å². The van der Waals surface area contributed by atoms with E-state index in [0.29, 0.717) is 12.0 Å². The van der Waals surface area contributed by atoms with E-state index >= 15 is 0 Å². The van der Waals surface area contributed by atoms with Crippen LogP contribution in [0.2, 0.25) is 0 Å². The van der Waals surface area contributed by atoms with Crippen molar-refractivity contribution in [2.75, 3.05) is 6.61 Å². The molecule has 0 saturated heterocycles. The van der Waals surface area contributed by atoms with Crippen LogP contribution in [-0.2, 0) is 22.1 Å². The minimum atomic E-state index is -4.32. The third-order valence-corrected chi connectivity index (χ3v) is 2.39. The molecule has 0 amide bonds. The SMILES string of the molecule is CC(C)C(=O)OCCc1ccc(C(F)(F)F)cc1. The number of benzene rings is 1. The lowest BCUT2D eigenvalue weighted by atomic mass is 10.1. The molecule has 0 atom stereocenters. The van der Waals surface area contributed by atoms with Gasteiger partial charge in [-0.25, -0.2) is 0 Å². The summed E-state index contributed by atoms with van der Waals surface area (Å²) in [5.41, 5.74) is 0.0324. The fourth-order valence-electron chi connectivity index (χ4n) is 1.30. The summed E-state index contributed by atoms with van der Waals surface area (Å²) in [4.78, 5) is 11.1. The molecule has 0 fully saturated rings. The van der Waals surface area contributed by atoms with Gasteiger partial charge in [0.15, 0.2) is 0 Å². The van der Waals surface area contributed by atoms with E-state index in [1.165, 1.54) is 12.1 Å². The minimum absolute atomic E-state index is 0.183. The van der Waals surface area contributed by atoms with E-state index in [4.69, 9.17) is 4.74 Å². The molecule has 0 radical (unpaired) electrons. The predicted octanol–water partition coefficient (Wildman–Crippen LogP) is 3.45. The van der Waals surface area contributed by atoms with Crippen LogP contribution in [0.5, 0.6) is 0 Å². The molecule has 0 aromatic heterocycles. The second kappa shape index (κ2) is 5.89. The first-order valence-corrected chi connectivity index (χ1v) is 5.63. The van der Waals surface area contributed by atoms with Gasteiger partial charge in [-0.2, -0.15) is 13.2 Å². The highest BCUT2D eigenvalue weighted by atomic mass is 19.4. The highest BCUT2D eigenvalue weighted by Gasteiger charge is 2.29. The molecule has 2 nitrogen and oxygen atoms in total. The molecule has 100 valence electrons. The Morgan fingerprint density at radius 1 is 1.22 bits per heavy atom. The number of hydrogen-bond donors (Lipinski definition) is 0. The van der Waals surface area contributed by atoms with Gasteiger partial charge in [-0.1, -0.05) is 26.0 Å². The van der Waals surface area contributed by atoms with Crippen LogP contribution in [0.4, 0.5) is 13.2 Å². The van der Waals surface area contributed by atoms with Crippen LogP contribution in [0, 0.1) is 5.92 Å². The van der Waals surface area contributed by atoms with Crippen molar-refractivity contribution < 1.29 is 22.7 Å². The van der Waals surface area contributed by atoms with Crippen molar-refractivity contribution >= 4 is 5.97 Å². The predicted molar refractivity (Wildman–Crippen MR) is 60.9 cm³/mol. The van der Waals surface area contributed by atoms with Gasteiger partial charge in [-0.15, -0.1) is 0 Å². The van der Waals surface area contributed by atoms with Crippen LogP contribution in [0.15, 0.2) is 24.3 Å². The zero-order chi connectivity index (χ0) is 13.8. The molecule has 0 saturated carbocycles. The van der Waals surface area contributed by atoms with Crippen molar-refractivity contribution in [3.05, 3.63) is 35.4 Å². The molecule has 0 aliphatic carbocycles. The maximum absolute atomic E-state index is 12.3. The van der Waals surface area contributed by atoms with Crippen molar-refractivity contribution in [1.29, 1.82) is 0 Å². The molecule has 0 N–H and O–H groups in total. The summed E-state index contributed by atoms with van der Waals surface area (Å²) in [6, 6.07) is 4.84. The van der Waals surface area contributed by atoms with Gasteiger partial charge in [0.25, 0.3) is 0 Å². The zero-order valence-electron chi connectivity index (χ0n) is 10.3. The number of hydrogen-bond acceptors (Lipinski definition) is 2. The van der Waals surface area contributed by atoms with Gasteiger partial charge in [0.05, 0.1) is 18.1 Å². The normalized spacial score (nSPS) is 11.7. The van der Waals surface area contributed by atoms with Gasteiger partial charge in [0.2, 0.25) is 0 Å². The lowest BCUT2D eigenvalue weighted by molar-refractivity contribution is -0.147. The Bertz CT molecular complexity index is 394. The Balaban J connectivity index is 2.47. The Kier molecular flexibility index (Phi) is 4.76. The molecule has 18 heavy (non-hydrogen) atoms. The minimum Gasteiger partial charge on any atom is -0.465 e. The first-order chi connectivity index (χ1) is 8.30. The van der Waals surface area contributed by atoms with E-state index in [9.17, 15) is 18.0 Å². The quantitative estimate of drug-likeness (QED) is 0.775. The van der Waals surface area contributed by atoms with E-state index in [-0.39, 0.29) is 18.5 Å². The summed E-state index contributed by atoms with van der Waals surface area (Å²) in [6.45, 7) is 3.63. The van der Waals surface area contributed by atoms with Gasteiger partial charge in [-0.05, 0) is 17.7 Å². The monoisotopic (exact) mass is 260 g/mol. The third-order valence-electron chi connectivity index (χ3n) is 2.39. The molecule has 0 spiro atoms. The van der Waals surface area contributed by atoms with E-state index in [1.54, 1.807) is 13.8 Å². The van der Waals surface area contributed by atoms with Gasteiger partial charge in [0.1, 0.15) is 0 Å². The van der Waals surface area contributed by atoms with Crippen molar-refractivity contribution in [3.63, 3.8) is 0 Å². The number of carbonyl (C=O) groups is 1. The van der Waals surface area contributed by atoms with Crippen LogP contribution in [-0.4, -0.2) is 12.6 Å². The Morgan fingerprint density at radius 3 is 2.22 bits per heavy atom. The molecular weight excluding hydrogens is 245 g/mol. The fourth-order valence-corrected chi connectivity index (χ4v) is 1.30. The zero-order valence-corrected chi connectivity index (χ0v) is 10.3. The summed E-state index contributed by atoms with van der Waals surface area (Å²) >= 11 is 0. The molecule has 0 bridgehead atoms. The summed E-state index contributed by atoms with van der Waals surface area (Å²) < 4.78 is 41.8. The summed E-state index contributed by atoms with van der Waals surface area (Å²) in [5.74, 6) is -0.500. The highest BCUT2D eigenvalue weighted by Crippen LogP contribution is 2.29. The van der Waals surface area contributed by atoms with Gasteiger partial charge in [0, 0.05) is 6.42 Å². The molecule has 1 rings (SSSR count). The van der Waals surface area contributed by atoms with E-state index in [1.807, 2.05) is 0 Å². The van der Waals surface area contributed by atoms with Crippen molar-refractivity contribution in [2.24, 2.45) is 5.92 Å². The molecular formula is C13H15F3O2. The lowest BCUT2D eigenvalue weighted by Crippen LogP contribution is -2.13. The van der Waals surface area contributed by atoms with Crippen LogP contribution < -0.4 is 0 Å². The van der Waals surface area contributed by atoms with Crippen LogP contribution >= 0.6 is 0 Å². The van der Waals surface area contributed by atoms with Crippen molar-refractivity contribution in [1.82, 2.24) is 0 Å². The van der Waals surface area contributed by atoms with E-state index in [0.717, 1.165) is 12.1 Å². The standard InChI is InChI=1S/C13H15F3O2/c1-9(2)12(17)18-8-7-10-3-5-11(6-4-10)13(14,15)16/h3-6,9H,7-8H2,1-2H3. The summed E-state index contributed by atoms with van der Waals surface area (Å²) in [5, 5.41) is 0. The molecule has 1 aromatic rings. The second-order valence-corrected chi connectivity index (χ2v) is 4.27. The number of alkyl halides is 3. The number of ether oxygens (including phenoxy) is 1. The van der Waals surface area contributed by atoms with Crippen molar-refractivity contribution in [2.45, 2.75) is 26.4 Å². The largest absolute Gasteiger partial charge is 0.465 e. The Morgan fingerprint density at radius 2 is 1.78 bits per heavy atom. The average Bonchev–Trinajstić information content (AvgIpc) is 2.28. The number of rotatable bonds is 4. The maximum Gasteiger partial charge on any atom is 0.416 e. The summed E-state index contributed by atoms with van der Waals surface area (Å²) in [6.07, 6.45) is -3.90. The van der Waals surface area contributed by atoms with Crippen molar-refractivity contribution in [3.8, 4) is 0 Å². The molecule has 0 heterocycles. The van der Waals surface area contributed by atoms with Crippen LogP contribution in [0.25, 0.3) is 0 Å². The molecule has 1 aromatic carbocycles. The van der Waals surface area contributed by atoms with Gasteiger partial charge in [-0.3, -0.25) is 4.79 Å². The Labute approximate surface area is 104 Å². The Hall–Kier alpha value is -1.52. The molecule has 5 heteroatoms. The number of esters is 1. The van der Waals surface area contributed by atoms with Crippen LogP contribution in [0.3, 0.4) is 0 Å². The number of carbonyl (C=O) groups excluding carboxylic acids is 1. The smallest absolute Gasteiger partial charge is 0.416 e. The first kappa shape index (κ1) is 14.5. The molecule has 0 aliphatic heterocycles.